The first-order valence-electron chi connectivity index (χ1n) is 7.60. The van der Waals surface area contributed by atoms with Gasteiger partial charge in [0.2, 0.25) is 0 Å². The molecule has 0 radical (unpaired) electrons. The predicted molar refractivity (Wildman–Crippen MR) is 95.7 cm³/mol. The molecular formula is C18H24N2S. The van der Waals surface area contributed by atoms with Crippen LogP contribution in [0.1, 0.15) is 13.8 Å². The largest absolute Gasteiger partial charge is 0.384 e. The molecule has 0 unspecified atom stereocenters. The van der Waals surface area contributed by atoms with Crippen LogP contribution in [-0.4, -0.2) is 25.4 Å². The molecule has 0 fully saturated rings. The zero-order valence-electron chi connectivity index (χ0n) is 12.9. The van der Waals surface area contributed by atoms with E-state index in [4.69, 9.17) is 0 Å². The van der Waals surface area contributed by atoms with Crippen LogP contribution >= 0.6 is 11.8 Å². The third-order valence-electron chi connectivity index (χ3n) is 3.44. The van der Waals surface area contributed by atoms with Crippen molar-refractivity contribution in [1.82, 2.24) is 0 Å². The van der Waals surface area contributed by atoms with E-state index in [1.807, 2.05) is 11.8 Å². The van der Waals surface area contributed by atoms with E-state index >= 15 is 0 Å². The highest BCUT2D eigenvalue weighted by Crippen LogP contribution is 2.19. The number of nitrogens with zero attached hydrogens (tertiary/aromatic N) is 1. The maximum Gasteiger partial charge on any atom is 0.0367 e. The van der Waals surface area contributed by atoms with Gasteiger partial charge in [-0.15, -0.1) is 11.8 Å². The lowest BCUT2D eigenvalue weighted by Gasteiger charge is -2.21. The molecule has 1 N–H and O–H groups in total. The number of hydrogen-bond acceptors (Lipinski definition) is 3. The molecule has 112 valence electrons. The van der Waals surface area contributed by atoms with Crippen LogP contribution in [0.25, 0.3) is 0 Å². The van der Waals surface area contributed by atoms with Crippen molar-refractivity contribution >= 4 is 23.1 Å². The van der Waals surface area contributed by atoms with E-state index in [0.29, 0.717) is 0 Å². The van der Waals surface area contributed by atoms with Crippen LogP contribution in [0.5, 0.6) is 0 Å². The lowest BCUT2D eigenvalue weighted by Crippen LogP contribution is -2.21. The summed E-state index contributed by atoms with van der Waals surface area (Å²) in [4.78, 5) is 3.69. The minimum absolute atomic E-state index is 0.976. The van der Waals surface area contributed by atoms with Crippen molar-refractivity contribution in [3.8, 4) is 0 Å². The molecule has 2 rings (SSSR count). The lowest BCUT2D eigenvalue weighted by atomic mass is 10.2. The summed E-state index contributed by atoms with van der Waals surface area (Å²) in [6.45, 7) is 7.46. The monoisotopic (exact) mass is 300 g/mol. The molecular weight excluding hydrogens is 276 g/mol. The minimum atomic E-state index is 0.976. The molecule has 0 heterocycles. The zero-order chi connectivity index (χ0) is 14.9. The van der Waals surface area contributed by atoms with Gasteiger partial charge in [0.05, 0.1) is 0 Å². The number of rotatable bonds is 8. The molecule has 21 heavy (non-hydrogen) atoms. The maximum atomic E-state index is 3.48. The Bertz CT molecular complexity index is 507. The quantitative estimate of drug-likeness (QED) is 0.560. The van der Waals surface area contributed by atoms with Gasteiger partial charge in [-0.25, -0.2) is 0 Å². The van der Waals surface area contributed by atoms with Gasteiger partial charge in [-0.05, 0) is 50.2 Å². The summed E-state index contributed by atoms with van der Waals surface area (Å²) >= 11 is 1.88. The Balaban J connectivity index is 1.76. The van der Waals surface area contributed by atoms with Crippen molar-refractivity contribution in [2.24, 2.45) is 0 Å². The second kappa shape index (κ2) is 8.63. The second-order valence-corrected chi connectivity index (χ2v) is 5.98. The number of thioether (sulfide) groups is 1. The van der Waals surface area contributed by atoms with Crippen LogP contribution < -0.4 is 10.2 Å². The summed E-state index contributed by atoms with van der Waals surface area (Å²) in [5, 5.41) is 3.48. The van der Waals surface area contributed by atoms with Crippen molar-refractivity contribution in [3.63, 3.8) is 0 Å². The highest BCUT2D eigenvalue weighted by Gasteiger charge is 2.01. The van der Waals surface area contributed by atoms with Crippen LogP contribution in [0.2, 0.25) is 0 Å². The summed E-state index contributed by atoms with van der Waals surface area (Å²) in [5.41, 5.74) is 2.49. The van der Waals surface area contributed by atoms with Crippen molar-refractivity contribution < 1.29 is 0 Å². The highest BCUT2D eigenvalue weighted by molar-refractivity contribution is 7.99. The van der Waals surface area contributed by atoms with Crippen LogP contribution in [0.15, 0.2) is 59.5 Å². The standard InChI is InChI=1S/C18H24N2S/c1-3-20(4-2)17-12-10-16(11-13-17)19-14-15-21-18-8-6-5-7-9-18/h5-13,19H,3-4,14-15H2,1-2H3. The molecule has 2 nitrogen and oxygen atoms in total. The molecule has 0 bridgehead atoms. The number of hydrogen-bond donors (Lipinski definition) is 1. The maximum absolute atomic E-state index is 3.48. The Labute approximate surface area is 132 Å². The molecule has 0 amide bonds. The topological polar surface area (TPSA) is 15.3 Å². The van der Waals surface area contributed by atoms with Gasteiger partial charge < -0.3 is 10.2 Å². The van der Waals surface area contributed by atoms with Crippen molar-refractivity contribution in [3.05, 3.63) is 54.6 Å². The number of anilines is 2. The molecule has 0 aliphatic carbocycles. The average Bonchev–Trinajstić information content (AvgIpc) is 2.55. The van der Waals surface area contributed by atoms with Crippen LogP contribution in [0.3, 0.4) is 0 Å². The molecule has 0 spiro atoms. The number of benzene rings is 2. The summed E-state index contributed by atoms with van der Waals surface area (Å²) in [6, 6.07) is 19.3. The Morgan fingerprint density at radius 2 is 1.57 bits per heavy atom. The van der Waals surface area contributed by atoms with Gasteiger partial charge in [-0.1, -0.05) is 18.2 Å². The first-order chi connectivity index (χ1) is 10.3. The number of nitrogens with one attached hydrogen (secondary N) is 1. The zero-order valence-corrected chi connectivity index (χ0v) is 13.7. The van der Waals surface area contributed by atoms with Gasteiger partial charge >= 0.3 is 0 Å². The molecule has 0 saturated heterocycles. The Hall–Kier alpha value is -1.61. The first-order valence-corrected chi connectivity index (χ1v) is 8.58. The summed E-state index contributed by atoms with van der Waals surface area (Å²) in [5.74, 6) is 1.07. The van der Waals surface area contributed by atoms with Crippen molar-refractivity contribution in [2.75, 3.05) is 35.6 Å². The SMILES string of the molecule is CCN(CC)c1ccc(NCCSc2ccccc2)cc1. The van der Waals surface area contributed by atoms with E-state index in [9.17, 15) is 0 Å². The smallest absolute Gasteiger partial charge is 0.0367 e. The fourth-order valence-electron chi connectivity index (χ4n) is 2.26. The third-order valence-corrected chi connectivity index (χ3v) is 4.45. The highest BCUT2D eigenvalue weighted by atomic mass is 32.2. The predicted octanol–water partition coefficient (Wildman–Crippen LogP) is 4.74. The van der Waals surface area contributed by atoms with Crippen molar-refractivity contribution in [1.29, 1.82) is 0 Å². The molecule has 0 atom stereocenters. The van der Waals surface area contributed by atoms with Gasteiger partial charge in [-0.2, -0.15) is 0 Å². The van der Waals surface area contributed by atoms with Crippen LogP contribution in [-0.2, 0) is 0 Å². The van der Waals surface area contributed by atoms with E-state index in [1.165, 1.54) is 16.3 Å². The summed E-state index contributed by atoms with van der Waals surface area (Å²) < 4.78 is 0. The van der Waals surface area contributed by atoms with E-state index < -0.39 is 0 Å². The van der Waals surface area contributed by atoms with Crippen molar-refractivity contribution in [2.45, 2.75) is 18.7 Å². The third kappa shape index (κ3) is 5.01. The minimum Gasteiger partial charge on any atom is -0.384 e. The molecule has 0 aromatic heterocycles. The summed E-state index contributed by atoms with van der Waals surface area (Å²) in [6.07, 6.45) is 0. The average molecular weight is 300 g/mol. The van der Waals surface area contributed by atoms with E-state index in [-0.39, 0.29) is 0 Å². The molecule has 0 saturated carbocycles. The van der Waals surface area contributed by atoms with Gasteiger partial charge in [0, 0.05) is 41.7 Å². The van der Waals surface area contributed by atoms with E-state index in [0.717, 1.165) is 25.4 Å². The van der Waals surface area contributed by atoms with Crippen LogP contribution in [0, 0.1) is 0 Å². The molecule has 2 aromatic carbocycles. The van der Waals surface area contributed by atoms with Gasteiger partial charge in [0.1, 0.15) is 0 Å². The van der Waals surface area contributed by atoms with Gasteiger partial charge in [0.25, 0.3) is 0 Å². The molecule has 2 aromatic rings. The fourth-order valence-corrected chi connectivity index (χ4v) is 3.05. The van der Waals surface area contributed by atoms with Gasteiger partial charge in [-0.3, -0.25) is 0 Å². The Morgan fingerprint density at radius 1 is 0.905 bits per heavy atom. The van der Waals surface area contributed by atoms with Crippen LogP contribution in [0.4, 0.5) is 11.4 Å². The second-order valence-electron chi connectivity index (χ2n) is 4.81. The lowest BCUT2D eigenvalue weighted by molar-refractivity contribution is 0.866. The molecule has 0 aliphatic rings. The first kappa shape index (κ1) is 15.8. The molecule has 0 aliphatic heterocycles. The Kier molecular flexibility index (Phi) is 6.48. The Morgan fingerprint density at radius 3 is 2.19 bits per heavy atom. The molecule has 3 heteroatoms. The normalized spacial score (nSPS) is 10.4. The van der Waals surface area contributed by atoms with Gasteiger partial charge in [0.15, 0.2) is 0 Å². The van der Waals surface area contributed by atoms with E-state index in [2.05, 4.69) is 78.7 Å². The van der Waals surface area contributed by atoms with E-state index in [1.54, 1.807) is 0 Å². The summed E-state index contributed by atoms with van der Waals surface area (Å²) in [7, 11) is 0. The fraction of sp³-hybridized carbons (Fsp3) is 0.333.